The molecule has 1 heterocycles. The first-order valence-corrected chi connectivity index (χ1v) is 10.2. The summed E-state index contributed by atoms with van der Waals surface area (Å²) < 4.78 is 6.13. The van der Waals surface area contributed by atoms with Crippen molar-refractivity contribution in [1.82, 2.24) is 0 Å². The van der Waals surface area contributed by atoms with Crippen LogP contribution in [0.2, 0.25) is 0 Å². The van der Waals surface area contributed by atoms with Crippen molar-refractivity contribution in [3.63, 3.8) is 0 Å². The van der Waals surface area contributed by atoms with E-state index in [1.807, 2.05) is 41.8 Å². The van der Waals surface area contributed by atoms with Crippen molar-refractivity contribution in [2.24, 2.45) is 0 Å². The number of hydrogen-bond donors (Lipinski definition) is 2. The Hall–Kier alpha value is -2.31. The molecular weight excluding hydrogens is 426 g/mol. The number of ether oxygens (including phenoxy) is 1. The summed E-state index contributed by atoms with van der Waals surface area (Å²) in [7, 11) is 1.66. The molecule has 0 aliphatic carbocycles. The molecule has 0 bridgehead atoms. The van der Waals surface area contributed by atoms with E-state index in [1.165, 1.54) is 16.9 Å². The fraction of sp³-hybridized carbons (Fsp3) is 0.190. The van der Waals surface area contributed by atoms with Gasteiger partial charge in [-0.15, -0.1) is 11.3 Å². The SMILES string of the molecule is COc1ccc(CCCNc2scc(-c3ccc(Br)cc3)c2C(=O)O)cc1. The third-order valence-corrected chi connectivity index (χ3v) is 5.71. The Kier molecular flexibility index (Phi) is 6.53. The first-order chi connectivity index (χ1) is 13.1. The topological polar surface area (TPSA) is 58.6 Å². The van der Waals surface area contributed by atoms with Crippen LogP contribution in [0.3, 0.4) is 0 Å². The summed E-state index contributed by atoms with van der Waals surface area (Å²) in [5, 5.41) is 15.6. The first kappa shape index (κ1) is 19.5. The van der Waals surface area contributed by atoms with Crippen molar-refractivity contribution >= 4 is 38.2 Å². The van der Waals surface area contributed by atoms with Crippen LogP contribution in [0.4, 0.5) is 5.00 Å². The van der Waals surface area contributed by atoms with Crippen molar-refractivity contribution in [3.8, 4) is 16.9 Å². The van der Waals surface area contributed by atoms with Crippen molar-refractivity contribution in [2.75, 3.05) is 19.0 Å². The normalized spacial score (nSPS) is 10.6. The fourth-order valence-corrected chi connectivity index (χ4v) is 4.08. The number of methoxy groups -OCH3 is 1. The smallest absolute Gasteiger partial charge is 0.339 e. The second kappa shape index (κ2) is 9.06. The largest absolute Gasteiger partial charge is 0.497 e. The maximum absolute atomic E-state index is 11.8. The van der Waals surface area contributed by atoms with Gasteiger partial charge in [-0.3, -0.25) is 0 Å². The molecule has 140 valence electrons. The van der Waals surface area contributed by atoms with Gasteiger partial charge >= 0.3 is 5.97 Å². The van der Waals surface area contributed by atoms with E-state index in [4.69, 9.17) is 4.74 Å². The van der Waals surface area contributed by atoms with Crippen LogP contribution < -0.4 is 10.1 Å². The van der Waals surface area contributed by atoms with Gasteiger partial charge in [0.05, 0.1) is 7.11 Å². The third-order valence-electron chi connectivity index (χ3n) is 4.25. The Balaban J connectivity index is 1.64. The van der Waals surface area contributed by atoms with Crippen molar-refractivity contribution < 1.29 is 14.6 Å². The minimum absolute atomic E-state index is 0.340. The molecule has 0 atom stereocenters. The van der Waals surface area contributed by atoms with Crippen LogP contribution in [-0.4, -0.2) is 24.7 Å². The molecule has 0 aliphatic heterocycles. The van der Waals surface area contributed by atoms with Crippen molar-refractivity contribution in [3.05, 3.63) is 69.5 Å². The van der Waals surface area contributed by atoms with E-state index in [2.05, 4.69) is 33.4 Å². The molecule has 6 heteroatoms. The number of carboxylic acid groups (broad SMARTS) is 1. The summed E-state index contributed by atoms with van der Waals surface area (Å²) in [5.74, 6) is -0.0612. The van der Waals surface area contributed by atoms with Gasteiger partial charge in [0, 0.05) is 22.0 Å². The zero-order valence-electron chi connectivity index (χ0n) is 14.9. The van der Waals surface area contributed by atoms with Gasteiger partial charge in [0.2, 0.25) is 0 Å². The van der Waals surface area contributed by atoms with Crippen LogP contribution in [0.5, 0.6) is 5.75 Å². The Bertz CT molecular complexity index is 904. The molecule has 27 heavy (non-hydrogen) atoms. The molecule has 3 rings (SSSR count). The second-order valence-corrected chi connectivity index (χ2v) is 7.84. The van der Waals surface area contributed by atoms with Crippen LogP contribution in [0.15, 0.2) is 58.4 Å². The van der Waals surface area contributed by atoms with Gasteiger partial charge < -0.3 is 15.2 Å². The minimum atomic E-state index is -0.910. The van der Waals surface area contributed by atoms with Crippen LogP contribution in [-0.2, 0) is 6.42 Å². The highest BCUT2D eigenvalue weighted by Gasteiger charge is 2.19. The number of carbonyl (C=O) groups is 1. The number of nitrogens with one attached hydrogen (secondary N) is 1. The number of aryl methyl sites for hydroxylation is 1. The van der Waals surface area contributed by atoms with Gasteiger partial charge in [0.1, 0.15) is 16.3 Å². The van der Waals surface area contributed by atoms with Gasteiger partial charge in [0.25, 0.3) is 0 Å². The van der Waals surface area contributed by atoms with Gasteiger partial charge in [-0.1, -0.05) is 40.2 Å². The van der Waals surface area contributed by atoms with Crippen molar-refractivity contribution in [1.29, 1.82) is 0 Å². The average Bonchev–Trinajstić information content (AvgIpc) is 3.10. The van der Waals surface area contributed by atoms with Crippen molar-refractivity contribution in [2.45, 2.75) is 12.8 Å². The molecule has 1 aromatic heterocycles. The molecule has 0 aliphatic rings. The molecular formula is C21H20BrNO3S. The molecule has 0 fully saturated rings. The zero-order valence-corrected chi connectivity index (χ0v) is 17.3. The van der Waals surface area contributed by atoms with Crippen LogP contribution in [0.1, 0.15) is 22.3 Å². The second-order valence-electron chi connectivity index (χ2n) is 6.04. The third kappa shape index (κ3) is 4.90. The highest BCUT2D eigenvalue weighted by atomic mass is 79.9. The zero-order chi connectivity index (χ0) is 19.2. The molecule has 2 aromatic carbocycles. The molecule has 3 aromatic rings. The predicted molar refractivity (Wildman–Crippen MR) is 114 cm³/mol. The standard InChI is InChI=1S/C21H20BrNO3S/c1-26-17-10-4-14(5-11-17)3-2-12-23-20-19(21(24)25)18(13-27-20)15-6-8-16(22)9-7-15/h4-11,13,23H,2-3,12H2,1H3,(H,24,25). The lowest BCUT2D eigenvalue weighted by atomic mass is 10.0. The molecule has 0 saturated heterocycles. The highest BCUT2D eigenvalue weighted by molar-refractivity contribution is 9.10. The van der Waals surface area contributed by atoms with Crippen LogP contribution in [0, 0.1) is 0 Å². The lowest BCUT2D eigenvalue weighted by Crippen LogP contribution is -2.06. The Morgan fingerprint density at radius 3 is 2.48 bits per heavy atom. The molecule has 4 nitrogen and oxygen atoms in total. The fourth-order valence-electron chi connectivity index (χ4n) is 2.83. The highest BCUT2D eigenvalue weighted by Crippen LogP contribution is 2.36. The van der Waals surface area contributed by atoms with E-state index in [1.54, 1.807) is 7.11 Å². The lowest BCUT2D eigenvalue weighted by molar-refractivity contribution is 0.0699. The van der Waals surface area contributed by atoms with Gasteiger partial charge in [-0.05, 0) is 48.2 Å². The number of hydrogen-bond acceptors (Lipinski definition) is 4. The molecule has 0 amide bonds. The molecule has 0 unspecified atom stereocenters. The minimum Gasteiger partial charge on any atom is -0.497 e. The quantitative estimate of drug-likeness (QED) is 0.421. The van der Waals surface area contributed by atoms with E-state index >= 15 is 0 Å². The maximum Gasteiger partial charge on any atom is 0.339 e. The Morgan fingerprint density at radius 2 is 1.85 bits per heavy atom. The van der Waals surface area contributed by atoms with E-state index in [-0.39, 0.29) is 0 Å². The van der Waals surface area contributed by atoms with Gasteiger partial charge in [-0.25, -0.2) is 4.79 Å². The Morgan fingerprint density at radius 1 is 1.15 bits per heavy atom. The number of aromatic carboxylic acids is 1. The summed E-state index contributed by atoms with van der Waals surface area (Å²) in [6.07, 6.45) is 1.83. The summed E-state index contributed by atoms with van der Waals surface area (Å²) in [5.41, 5.74) is 3.22. The first-order valence-electron chi connectivity index (χ1n) is 8.56. The molecule has 0 spiro atoms. The molecule has 0 radical (unpaired) electrons. The molecule has 0 saturated carbocycles. The number of benzene rings is 2. The predicted octanol–water partition coefficient (Wildman–Crippen LogP) is 5.93. The van der Waals surface area contributed by atoms with Gasteiger partial charge in [-0.2, -0.15) is 0 Å². The number of rotatable bonds is 8. The number of halogens is 1. The monoisotopic (exact) mass is 445 g/mol. The van der Waals surface area contributed by atoms with E-state index < -0.39 is 5.97 Å². The van der Waals surface area contributed by atoms with E-state index in [9.17, 15) is 9.90 Å². The van der Waals surface area contributed by atoms with E-state index in [0.717, 1.165) is 34.2 Å². The summed E-state index contributed by atoms with van der Waals surface area (Å²) >= 11 is 4.84. The van der Waals surface area contributed by atoms with Gasteiger partial charge in [0.15, 0.2) is 0 Å². The number of thiophene rings is 1. The number of carboxylic acids is 1. The Labute approximate surface area is 170 Å². The summed E-state index contributed by atoms with van der Waals surface area (Å²) in [6.45, 7) is 0.715. The number of anilines is 1. The van der Waals surface area contributed by atoms with Crippen LogP contribution in [0.25, 0.3) is 11.1 Å². The van der Waals surface area contributed by atoms with E-state index in [0.29, 0.717) is 17.1 Å². The average molecular weight is 446 g/mol. The summed E-state index contributed by atoms with van der Waals surface area (Å²) in [6, 6.07) is 15.7. The lowest BCUT2D eigenvalue weighted by Gasteiger charge is -2.08. The summed E-state index contributed by atoms with van der Waals surface area (Å²) in [4.78, 5) is 11.8. The maximum atomic E-state index is 11.8. The molecule has 2 N–H and O–H groups in total. The van der Waals surface area contributed by atoms with Crippen LogP contribution >= 0.6 is 27.3 Å².